The molecule has 0 spiro atoms. The molecule has 0 amide bonds. The van der Waals surface area contributed by atoms with E-state index in [1.807, 2.05) is 19.1 Å². The van der Waals surface area contributed by atoms with Gasteiger partial charge in [-0.15, -0.1) is 0 Å². The number of rotatable bonds is 5. The number of nitrogens with zero attached hydrogens (tertiary/aromatic N) is 3. The molecule has 2 aromatic rings. The van der Waals surface area contributed by atoms with E-state index in [2.05, 4.69) is 22.0 Å². The van der Waals surface area contributed by atoms with Crippen molar-refractivity contribution in [2.24, 2.45) is 0 Å². The summed E-state index contributed by atoms with van der Waals surface area (Å²) in [5.74, 6) is 2.02. The van der Waals surface area contributed by atoms with Crippen LogP contribution in [0.4, 0.5) is 0 Å². The van der Waals surface area contributed by atoms with Gasteiger partial charge in [0, 0.05) is 30.4 Å². The van der Waals surface area contributed by atoms with Crippen molar-refractivity contribution in [3.8, 4) is 17.3 Å². The molecule has 1 aliphatic heterocycles. The van der Waals surface area contributed by atoms with Crippen molar-refractivity contribution >= 4 is 0 Å². The van der Waals surface area contributed by atoms with Crippen LogP contribution in [0.5, 0.6) is 5.88 Å². The maximum atomic E-state index is 5.71. The Morgan fingerprint density at radius 1 is 1.48 bits per heavy atom. The topological polar surface area (TPSA) is 70.3 Å². The van der Waals surface area contributed by atoms with Gasteiger partial charge in [0.15, 0.2) is 5.82 Å². The fraction of sp³-hybridized carbons (Fsp3) is 0.533. The lowest BCUT2D eigenvalue weighted by molar-refractivity contribution is 0.192. The van der Waals surface area contributed by atoms with Gasteiger partial charge in [-0.25, -0.2) is 4.98 Å². The first-order valence-corrected chi connectivity index (χ1v) is 7.30. The molecule has 6 nitrogen and oxygen atoms in total. The molecule has 0 N–H and O–H groups in total. The Bertz CT molecular complexity index is 593. The Morgan fingerprint density at radius 2 is 2.38 bits per heavy atom. The maximum absolute atomic E-state index is 5.71. The third-order valence-electron chi connectivity index (χ3n) is 3.62. The molecule has 0 radical (unpaired) electrons. The summed E-state index contributed by atoms with van der Waals surface area (Å²) < 4.78 is 16.4. The van der Waals surface area contributed by atoms with Gasteiger partial charge in [-0.3, -0.25) is 0 Å². The van der Waals surface area contributed by atoms with E-state index in [0.717, 1.165) is 25.0 Å². The SMILES string of the molecule is CC[C@@H](C)Oc1cc(-c2nc([C@@H]3CCOC3)no2)ccn1. The predicted molar refractivity (Wildman–Crippen MR) is 76.1 cm³/mol. The summed E-state index contributed by atoms with van der Waals surface area (Å²) in [7, 11) is 0. The minimum absolute atomic E-state index is 0.127. The van der Waals surface area contributed by atoms with Crippen molar-refractivity contribution in [1.29, 1.82) is 0 Å². The van der Waals surface area contributed by atoms with Gasteiger partial charge in [-0.1, -0.05) is 12.1 Å². The van der Waals surface area contributed by atoms with Crippen molar-refractivity contribution < 1.29 is 14.0 Å². The van der Waals surface area contributed by atoms with Crippen LogP contribution in [0.3, 0.4) is 0 Å². The van der Waals surface area contributed by atoms with Crippen LogP contribution >= 0.6 is 0 Å². The summed E-state index contributed by atoms with van der Waals surface area (Å²) in [4.78, 5) is 8.67. The summed E-state index contributed by atoms with van der Waals surface area (Å²) in [5, 5.41) is 4.05. The van der Waals surface area contributed by atoms with Crippen LogP contribution in [0.25, 0.3) is 11.5 Å². The molecule has 1 saturated heterocycles. The molecule has 3 rings (SSSR count). The lowest BCUT2D eigenvalue weighted by Crippen LogP contribution is -2.10. The highest BCUT2D eigenvalue weighted by Gasteiger charge is 2.23. The zero-order valence-electron chi connectivity index (χ0n) is 12.3. The van der Waals surface area contributed by atoms with Crippen LogP contribution in [0.15, 0.2) is 22.9 Å². The van der Waals surface area contributed by atoms with Crippen molar-refractivity contribution in [3.05, 3.63) is 24.2 Å². The lowest BCUT2D eigenvalue weighted by atomic mass is 10.1. The molecule has 112 valence electrons. The normalized spacial score (nSPS) is 19.6. The fourth-order valence-corrected chi connectivity index (χ4v) is 2.15. The molecule has 0 aliphatic carbocycles. The van der Waals surface area contributed by atoms with E-state index in [9.17, 15) is 0 Å². The number of aromatic nitrogens is 3. The number of ether oxygens (including phenoxy) is 2. The molecule has 0 saturated carbocycles. The van der Waals surface area contributed by atoms with E-state index in [-0.39, 0.29) is 12.0 Å². The van der Waals surface area contributed by atoms with Gasteiger partial charge in [0.2, 0.25) is 5.88 Å². The van der Waals surface area contributed by atoms with Crippen molar-refractivity contribution in [2.45, 2.75) is 38.7 Å². The second-order valence-electron chi connectivity index (χ2n) is 5.24. The molecular weight excluding hydrogens is 270 g/mol. The van der Waals surface area contributed by atoms with Crippen molar-refractivity contribution in [2.75, 3.05) is 13.2 Å². The molecule has 21 heavy (non-hydrogen) atoms. The lowest BCUT2D eigenvalue weighted by Gasteiger charge is -2.11. The molecule has 0 bridgehead atoms. The van der Waals surface area contributed by atoms with E-state index in [1.165, 1.54) is 0 Å². The Hall–Kier alpha value is -1.95. The van der Waals surface area contributed by atoms with Crippen molar-refractivity contribution in [3.63, 3.8) is 0 Å². The van der Waals surface area contributed by atoms with E-state index in [0.29, 0.717) is 24.2 Å². The van der Waals surface area contributed by atoms with Gasteiger partial charge in [0.05, 0.1) is 12.7 Å². The third-order valence-corrected chi connectivity index (χ3v) is 3.62. The summed E-state index contributed by atoms with van der Waals surface area (Å²) in [5.41, 5.74) is 0.820. The highest BCUT2D eigenvalue weighted by Crippen LogP contribution is 2.26. The predicted octanol–water partition coefficient (Wildman–Crippen LogP) is 2.81. The zero-order chi connectivity index (χ0) is 14.7. The molecule has 0 aromatic carbocycles. The molecule has 2 atom stereocenters. The van der Waals surface area contributed by atoms with Crippen LogP contribution in [0.1, 0.15) is 38.4 Å². The van der Waals surface area contributed by atoms with Gasteiger partial charge in [0.25, 0.3) is 5.89 Å². The second kappa shape index (κ2) is 6.22. The average Bonchev–Trinajstić information content (AvgIpc) is 3.18. The minimum atomic E-state index is 0.127. The van der Waals surface area contributed by atoms with Gasteiger partial charge < -0.3 is 14.0 Å². The van der Waals surface area contributed by atoms with Gasteiger partial charge in [-0.05, 0) is 25.8 Å². The van der Waals surface area contributed by atoms with Crippen LogP contribution < -0.4 is 4.74 Å². The Kier molecular flexibility index (Phi) is 4.15. The maximum Gasteiger partial charge on any atom is 0.258 e. The largest absolute Gasteiger partial charge is 0.475 e. The Labute approximate surface area is 123 Å². The van der Waals surface area contributed by atoms with Crippen LogP contribution in [-0.2, 0) is 4.74 Å². The highest BCUT2D eigenvalue weighted by molar-refractivity contribution is 5.53. The third kappa shape index (κ3) is 3.21. The molecule has 2 aromatic heterocycles. The van der Waals surface area contributed by atoms with Crippen LogP contribution in [0, 0.1) is 0 Å². The molecule has 3 heterocycles. The average molecular weight is 289 g/mol. The molecule has 1 fully saturated rings. The molecule has 1 aliphatic rings. The fourth-order valence-electron chi connectivity index (χ4n) is 2.15. The Balaban J connectivity index is 1.78. The zero-order valence-corrected chi connectivity index (χ0v) is 12.3. The van der Waals surface area contributed by atoms with Gasteiger partial charge in [-0.2, -0.15) is 4.98 Å². The van der Waals surface area contributed by atoms with E-state index >= 15 is 0 Å². The van der Waals surface area contributed by atoms with E-state index in [4.69, 9.17) is 14.0 Å². The standard InChI is InChI=1S/C15H19N3O3/c1-3-10(2)20-13-8-11(4-6-16-13)15-17-14(18-21-15)12-5-7-19-9-12/h4,6,8,10,12H,3,5,7,9H2,1-2H3/t10-,12-/m1/s1. The molecule has 6 heteroatoms. The quantitative estimate of drug-likeness (QED) is 0.843. The highest BCUT2D eigenvalue weighted by atomic mass is 16.5. The molecular formula is C15H19N3O3. The summed E-state index contributed by atoms with van der Waals surface area (Å²) in [6.07, 6.45) is 3.69. The number of hydrogen-bond acceptors (Lipinski definition) is 6. The Morgan fingerprint density at radius 3 is 3.14 bits per heavy atom. The molecule has 0 unspecified atom stereocenters. The van der Waals surface area contributed by atoms with E-state index in [1.54, 1.807) is 6.20 Å². The smallest absolute Gasteiger partial charge is 0.258 e. The monoisotopic (exact) mass is 289 g/mol. The van der Waals surface area contributed by atoms with Gasteiger partial charge >= 0.3 is 0 Å². The first-order chi connectivity index (χ1) is 10.3. The van der Waals surface area contributed by atoms with Crippen molar-refractivity contribution in [1.82, 2.24) is 15.1 Å². The summed E-state index contributed by atoms with van der Waals surface area (Å²) >= 11 is 0. The summed E-state index contributed by atoms with van der Waals surface area (Å²) in [6, 6.07) is 3.67. The van der Waals surface area contributed by atoms with E-state index < -0.39 is 0 Å². The van der Waals surface area contributed by atoms with Gasteiger partial charge in [0.1, 0.15) is 0 Å². The summed E-state index contributed by atoms with van der Waals surface area (Å²) in [6.45, 7) is 5.51. The number of pyridine rings is 1. The van der Waals surface area contributed by atoms with Crippen LogP contribution in [0.2, 0.25) is 0 Å². The first-order valence-electron chi connectivity index (χ1n) is 7.30. The second-order valence-corrected chi connectivity index (χ2v) is 5.24. The minimum Gasteiger partial charge on any atom is -0.475 e. The van der Waals surface area contributed by atoms with Crippen LogP contribution in [-0.4, -0.2) is 34.4 Å². The number of hydrogen-bond donors (Lipinski definition) is 0. The first kappa shape index (κ1) is 14.0.